The quantitative estimate of drug-likeness (QED) is 0.663. The number of nitrogens with one attached hydrogen (secondary N) is 1. The molecule has 4 rings (SSSR count). The van der Waals surface area contributed by atoms with Crippen LogP contribution in [0.2, 0.25) is 5.02 Å². The Morgan fingerprint density at radius 1 is 1.25 bits per heavy atom. The van der Waals surface area contributed by atoms with Gasteiger partial charge >= 0.3 is 0 Å². The summed E-state index contributed by atoms with van der Waals surface area (Å²) in [5.74, 6) is -0.0212. The Bertz CT molecular complexity index is 1050. The van der Waals surface area contributed by atoms with Crippen LogP contribution in [0.4, 0.5) is 15.9 Å². The van der Waals surface area contributed by atoms with Crippen LogP contribution in [-0.2, 0) is 0 Å². The van der Waals surface area contributed by atoms with Crippen molar-refractivity contribution in [2.24, 2.45) is 5.73 Å². The summed E-state index contributed by atoms with van der Waals surface area (Å²) in [6.07, 6.45) is 7.85. The van der Waals surface area contributed by atoms with E-state index in [1.54, 1.807) is 18.5 Å². The summed E-state index contributed by atoms with van der Waals surface area (Å²) < 4.78 is 14.3. The van der Waals surface area contributed by atoms with Crippen LogP contribution in [0.15, 0.2) is 42.9 Å². The zero-order valence-corrected chi connectivity index (χ0v) is 15.6. The number of primary amides is 1. The van der Waals surface area contributed by atoms with Crippen molar-refractivity contribution in [2.75, 3.05) is 5.32 Å². The van der Waals surface area contributed by atoms with Gasteiger partial charge in [0.15, 0.2) is 5.82 Å². The maximum atomic E-state index is 14.3. The van der Waals surface area contributed by atoms with Gasteiger partial charge in [0.2, 0.25) is 0 Å². The lowest BCUT2D eigenvalue weighted by molar-refractivity contribution is 0.100. The number of carbonyl (C=O) groups excluding carboxylic acids is 1. The zero-order valence-electron chi connectivity index (χ0n) is 14.8. The highest BCUT2D eigenvalue weighted by Crippen LogP contribution is 2.40. The van der Waals surface area contributed by atoms with Crippen molar-refractivity contribution in [3.63, 3.8) is 0 Å². The molecule has 2 heterocycles. The summed E-state index contributed by atoms with van der Waals surface area (Å²) in [6, 6.07) is 5.88. The van der Waals surface area contributed by atoms with E-state index in [2.05, 4.69) is 20.3 Å². The topological polar surface area (TPSA) is 93.8 Å². The second-order valence-corrected chi connectivity index (χ2v) is 7.10. The van der Waals surface area contributed by atoms with Crippen LogP contribution in [0.3, 0.4) is 0 Å². The molecule has 0 saturated heterocycles. The molecule has 1 amide bonds. The van der Waals surface area contributed by atoms with Crippen LogP contribution in [0.5, 0.6) is 0 Å². The molecule has 0 unspecified atom stereocenters. The van der Waals surface area contributed by atoms with Crippen molar-refractivity contribution in [2.45, 2.75) is 25.2 Å². The molecule has 8 heteroatoms. The van der Waals surface area contributed by atoms with E-state index in [9.17, 15) is 9.18 Å². The van der Waals surface area contributed by atoms with E-state index in [0.717, 1.165) is 24.8 Å². The fourth-order valence-electron chi connectivity index (χ4n) is 3.14. The predicted molar refractivity (Wildman–Crippen MR) is 105 cm³/mol. The van der Waals surface area contributed by atoms with Gasteiger partial charge in [0, 0.05) is 29.2 Å². The third-order valence-corrected chi connectivity index (χ3v) is 5.11. The molecular weight excluding hydrogens is 381 g/mol. The molecule has 0 aliphatic heterocycles. The van der Waals surface area contributed by atoms with Gasteiger partial charge in [0.1, 0.15) is 11.6 Å². The maximum absolute atomic E-state index is 14.3. The van der Waals surface area contributed by atoms with Crippen LogP contribution < -0.4 is 11.1 Å². The molecule has 142 valence electrons. The SMILES string of the molecule is NC(=O)c1cnccc1Nc1nc(-c2cc(Cl)ccc2F)ncc1C1CCC1. The summed E-state index contributed by atoms with van der Waals surface area (Å²) in [7, 11) is 0. The van der Waals surface area contributed by atoms with Gasteiger partial charge < -0.3 is 11.1 Å². The minimum Gasteiger partial charge on any atom is -0.365 e. The number of pyridine rings is 1. The number of rotatable bonds is 5. The van der Waals surface area contributed by atoms with E-state index in [-0.39, 0.29) is 17.0 Å². The van der Waals surface area contributed by atoms with E-state index < -0.39 is 11.7 Å². The number of amides is 1. The first-order chi connectivity index (χ1) is 13.5. The summed E-state index contributed by atoms with van der Waals surface area (Å²) in [6.45, 7) is 0. The zero-order chi connectivity index (χ0) is 19.7. The van der Waals surface area contributed by atoms with E-state index in [0.29, 0.717) is 22.4 Å². The van der Waals surface area contributed by atoms with Gasteiger partial charge in [-0.1, -0.05) is 18.0 Å². The third kappa shape index (κ3) is 3.53. The minimum absolute atomic E-state index is 0.209. The molecule has 1 saturated carbocycles. The largest absolute Gasteiger partial charge is 0.365 e. The Balaban J connectivity index is 1.80. The van der Waals surface area contributed by atoms with Crippen molar-refractivity contribution in [1.82, 2.24) is 15.0 Å². The molecule has 6 nitrogen and oxygen atoms in total. The number of benzene rings is 1. The standard InChI is InChI=1S/C20H17ClFN5O/c21-12-4-5-16(22)13(8-12)19-25-10-14(11-2-1-3-11)20(27-19)26-17-6-7-24-9-15(17)18(23)28/h4-11H,1-3H2,(H2,23,28)(H,24,25,26,27). The van der Waals surface area contributed by atoms with E-state index in [4.69, 9.17) is 17.3 Å². The van der Waals surface area contributed by atoms with Crippen molar-refractivity contribution >= 4 is 29.0 Å². The number of carbonyl (C=O) groups is 1. The Morgan fingerprint density at radius 3 is 2.79 bits per heavy atom. The van der Waals surface area contributed by atoms with Gasteiger partial charge in [-0.15, -0.1) is 0 Å². The van der Waals surface area contributed by atoms with Gasteiger partial charge in [0.25, 0.3) is 5.91 Å². The fourth-order valence-corrected chi connectivity index (χ4v) is 3.31. The molecular formula is C20H17ClFN5O. The van der Waals surface area contributed by atoms with Crippen LogP contribution in [0.25, 0.3) is 11.4 Å². The maximum Gasteiger partial charge on any atom is 0.252 e. The lowest BCUT2D eigenvalue weighted by Crippen LogP contribution is -2.16. The number of hydrogen-bond acceptors (Lipinski definition) is 5. The minimum atomic E-state index is -0.601. The first-order valence-corrected chi connectivity index (χ1v) is 9.24. The molecule has 2 aromatic heterocycles. The van der Waals surface area contributed by atoms with Crippen molar-refractivity contribution in [3.05, 3.63) is 64.8 Å². The fraction of sp³-hybridized carbons (Fsp3) is 0.200. The highest BCUT2D eigenvalue weighted by molar-refractivity contribution is 6.30. The van der Waals surface area contributed by atoms with Crippen LogP contribution >= 0.6 is 11.6 Å². The Morgan fingerprint density at radius 2 is 2.07 bits per heavy atom. The number of nitrogens with two attached hydrogens (primary N) is 1. The molecule has 0 bridgehead atoms. The predicted octanol–water partition coefficient (Wildman–Crippen LogP) is 4.44. The van der Waals surface area contributed by atoms with Gasteiger partial charge in [-0.25, -0.2) is 14.4 Å². The first-order valence-electron chi connectivity index (χ1n) is 8.86. The number of hydrogen-bond donors (Lipinski definition) is 2. The van der Waals surface area contributed by atoms with Gasteiger partial charge in [0.05, 0.1) is 16.8 Å². The van der Waals surface area contributed by atoms with Gasteiger partial charge in [-0.3, -0.25) is 9.78 Å². The van der Waals surface area contributed by atoms with Crippen molar-refractivity contribution < 1.29 is 9.18 Å². The highest BCUT2D eigenvalue weighted by atomic mass is 35.5. The molecule has 0 radical (unpaired) electrons. The summed E-state index contributed by atoms with van der Waals surface area (Å²) in [4.78, 5) is 24.6. The number of aromatic nitrogens is 3. The van der Waals surface area contributed by atoms with Gasteiger partial charge in [-0.2, -0.15) is 0 Å². The molecule has 28 heavy (non-hydrogen) atoms. The molecule has 1 aliphatic carbocycles. The monoisotopic (exact) mass is 397 g/mol. The van der Waals surface area contributed by atoms with Crippen LogP contribution in [-0.4, -0.2) is 20.9 Å². The van der Waals surface area contributed by atoms with Gasteiger partial charge in [-0.05, 0) is 43.0 Å². The van der Waals surface area contributed by atoms with Crippen molar-refractivity contribution in [1.29, 1.82) is 0 Å². The van der Waals surface area contributed by atoms with Crippen molar-refractivity contribution in [3.8, 4) is 11.4 Å². The van der Waals surface area contributed by atoms with E-state index in [1.807, 2.05) is 0 Å². The van der Waals surface area contributed by atoms with Crippen LogP contribution in [0.1, 0.15) is 41.1 Å². The molecule has 0 atom stereocenters. The first kappa shape index (κ1) is 18.3. The average Bonchev–Trinajstić information content (AvgIpc) is 2.64. The number of halogens is 2. The second kappa shape index (κ2) is 7.52. The molecule has 3 N–H and O–H groups in total. The molecule has 0 spiro atoms. The highest BCUT2D eigenvalue weighted by Gasteiger charge is 2.25. The molecule has 1 aromatic carbocycles. The second-order valence-electron chi connectivity index (χ2n) is 6.66. The van der Waals surface area contributed by atoms with E-state index >= 15 is 0 Å². The average molecular weight is 398 g/mol. The Labute approximate surface area is 166 Å². The Kier molecular flexibility index (Phi) is 4.92. The Hall–Kier alpha value is -3.06. The lowest BCUT2D eigenvalue weighted by atomic mass is 9.80. The van der Waals surface area contributed by atoms with Crippen LogP contribution in [0, 0.1) is 5.82 Å². The number of nitrogens with zero attached hydrogens (tertiary/aromatic N) is 3. The lowest BCUT2D eigenvalue weighted by Gasteiger charge is -2.27. The smallest absolute Gasteiger partial charge is 0.252 e. The summed E-state index contributed by atoms with van der Waals surface area (Å²) >= 11 is 6.01. The third-order valence-electron chi connectivity index (χ3n) is 4.87. The number of anilines is 2. The summed E-state index contributed by atoms with van der Waals surface area (Å²) in [5, 5.41) is 3.56. The normalized spacial score (nSPS) is 13.8. The van der Waals surface area contributed by atoms with E-state index in [1.165, 1.54) is 24.4 Å². The molecule has 1 fully saturated rings. The summed E-state index contributed by atoms with van der Waals surface area (Å²) in [5.41, 5.74) is 7.31. The molecule has 3 aromatic rings. The molecule has 1 aliphatic rings.